The van der Waals surface area contributed by atoms with E-state index in [1.54, 1.807) is 6.20 Å². The SMILES string of the molecule is O=C1Cc2ccc(-c3cn4ccnc4c(Nc4ccc(N5CC[C@H](O)C5)cc4)n3)cc2N1. The highest BCUT2D eigenvalue weighted by atomic mass is 16.3. The molecule has 1 atom stereocenters. The van der Waals surface area contributed by atoms with Crippen molar-refractivity contribution < 1.29 is 9.90 Å². The standard InChI is InChI=1S/C24H22N6O2/c31-19-7-9-29(13-19)18-5-3-17(4-6-18)26-23-24-25-8-10-30(24)14-21(28-23)15-1-2-16-12-22(32)27-20(16)11-15/h1-6,8,10-11,14,19,31H,7,9,12-13H2,(H,26,28)(H,27,32)/t19-/m0/s1. The molecular formula is C24H22N6O2. The molecule has 160 valence electrons. The minimum absolute atomic E-state index is 0.0180. The molecule has 2 aliphatic rings. The third kappa shape index (κ3) is 3.34. The molecule has 4 heterocycles. The number of rotatable bonds is 4. The Morgan fingerprint density at radius 1 is 1.16 bits per heavy atom. The molecule has 2 aromatic heterocycles. The molecule has 0 radical (unpaired) electrons. The first-order chi connectivity index (χ1) is 15.6. The molecule has 4 aromatic rings. The normalized spacial score (nSPS) is 17.6. The van der Waals surface area contributed by atoms with Gasteiger partial charge in [0, 0.05) is 54.3 Å². The largest absolute Gasteiger partial charge is 0.391 e. The molecule has 8 nitrogen and oxygen atoms in total. The number of benzene rings is 2. The van der Waals surface area contributed by atoms with E-state index in [0.717, 1.165) is 52.5 Å². The number of carbonyl (C=O) groups excluding carboxylic acids is 1. The highest BCUT2D eigenvalue weighted by molar-refractivity contribution is 5.99. The van der Waals surface area contributed by atoms with Crippen molar-refractivity contribution in [1.29, 1.82) is 0 Å². The Morgan fingerprint density at radius 2 is 2.03 bits per heavy atom. The molecule has 2 aliphatic heterocycles. The van der Waals surface area contributed by atoms with Gasteiger partial charge in [0.2, 0.25) is 5.91 Å². The lowest BCUT2D eigenvalue weighted by Crippen LogP contribution is -2.20. The number of fused-ring (bicyclic) bond motifs is 2. The number of hydrogen-bond donors (Lipinski definition) is 3. The Labute approximate surface area is 184 Å². The molecule has 3 N–H and O–H groups in total. The summed E-state index contributed by atoms with van der Waals surface area (Å²) in [5.74, 6) is 0.672. The van der Waals surface area contributed by atoms with Crippen molar-refractivity contribution >= 4 is 34.4 Å². The van der Waals surface area contributed by atoms with E-state index >= 15 is 0 Å². The Hall–Kier alpha value is -3.91. The van der Waals surface area contributed by atoms with Gasteiger partial charge in [0.25, 0.3) is 0 Å². The van der Waals surface area contributed by atoms with E-state index in [1.807, 2.05) is 47.1 Å². The van der Waals surface area contributed by atoms with Crippen molar-refractivity contribution in [3.63, 3.8) is 0 Å². The highest BCUT2D eigenvalue weighted by Crippen LogP contribution is 2.31. The first-order valence-electron chi connectivity index (χ1n) is 10.7. The van der Waals surface area contributed by atoms with E-state index in [4.69, 9.17) is 4.98 Å². The Balaban J connectivity index is 1.32. The zero-order valence-corrected chi connectivity index (χ0v) is 17.3. The van der Waals surface area contributed by atoms with Crippen LogP contribution in [-0.2, 0) is 11.2 Å². The second kappa shape index (κ2) is 7.35. The summed E-state index contributed by atoms with van der Waals surface area (Å²) in [5.41, 5.74) is 6.29. The number of nitrogens with zero attached hydrogens (tertiary/aromatic N) is 4. The van der Waals surface area contributed by atoms with Gasteiger partial charge in [0.1, 0.15) is 0 Å². The summed E-state index contributed by atoms with van der Waals surface area (Å²) in [7, 11) is 0. The molecule has 0 saturated carbocycles. The van der Waals surface area contributed by atoms with Gasteiger partial charge in [0.15, 0.2) is 11.5 Å². The van der Waals surface area contributed by atoms with Gasteiger partial charge in [-0.3, -0.25) is 4.79 Å². The Morgan fingerprint density at radius 3 is 2.84 bits per heavy atom. The highest BCUT2D eigenvalue weighted by Gasteiger charge is 2.21. The third-order valence-electron chi connectivity index (χ3n) is 6.06. The van der Waals surface area contributed by atoms with Gasteiger partial charge >= 0.3 is 0 Å². The molecule has 6 rings (SSSR count). The van der Waals surface area contributed by atoms with Crippen molar-refractivity contribution in [1.82, 2.24) is 14.4 Å². The van der Waals surface area contributed by atoms with Crippen LogP contribution in [0, 0.1) is 0 Å². The maximum absolute atomic E-state index is 11.7. The third-order valence-corrected chi connectivity index (χ3v) is 6.06. The van der Waals surface area contributed by atoms with E-state index in [0.29, 0.717) is 18.8 Å². The van der Waals surface area contributed by atoms with Crippen LogP contribution < -0.4 is 15.5 Å². The van der Waals surface area contributed by atoms with E-state index in [1.165, 1.54) is 0 Å². The molecule has 8 heteroatoms. The van der Waals surface area contributed by atoms with Crippen LogP contribution in [0.15, 0.2) is 61.1 Å². The number of carbonyl (C=O) groups is 1. The lowest BCUT2D eigenvalue weighted by molar-refractivity contribution is -0.115. The second-order valence-corrected chi connectivity index (χ2v) is 8.29. The topological polar surface area (TPSA) is 94.8 Å². The van der Waals surface area contributed by atoms with Gasteiger partial charge in [-0.25, -0.2) is 9.97 Å². The predicted molar refractivity (Wildman–Crippen MR) is 123 cm³/mol. The number of aliphatic hydroxyl groups is 1. The number of anilines is 4. The monoisotopic (exact) mass is 426 g/mol. The lowest BCUT2D eigenvalue weighted by atomic mass is 10.1. The number of aliphatic hydroxyl groups excluding tert-OH is 1. The van der Waals surface area contributed by atoms with Crippen LogP contribution in [0.1, 0.15) is 12.0 Å². The quantitative estimate of drug-likeness (QED) is 0.464. The molecule has 0 bridgehead atoms. The summed E-state index contributed by atoms with van der Waals surface area (Å²) in [5, 5.41) is 16.1. The maximum atomic E-state index is 11.7. The molecule has 0 spiro atoms. The van der Waals surface area contributed by atoms with Crippen molar-refractivity contribution in [2.45, 2.75) is 18.9 Å². The molecule has 1 amide bonds. The Bertz CT molecular complexity index is 1330. The minimum Gasteiger partial charge on any atom is -0.391 e. The minimum atomic E-state index is -0.249. The van der Waals surface area contributed by atoms with Gasteiger partial charge in [-0.2, -0.15) is 0 Å². The average molecular weight is 426 g/mol. The zero-order valence-electron chi connectivity index (χ0n) is 17.3. The van der Waals surface area contributed by atoms with Gasteiger partial charge in [-0.1, -0.05) is 12.1 Å². The van der Waals surface area contributed by atoms with Crippen LogP contribution in [-0.4, -0.2) is 44.6 Å². The molecule has 0 aliphatic carbocycles. The molecule has 2 aromatic carbocycles. The van der Waals surface area contributed by atoms with Crippen molar-refractivity contribution in [2.24, 2.45) is 0 Å². The van der Waals surface area contributed by atoms with Gasteiger partial charge in [-0.05, 0) is 42.3 Å². The van der Waals surface area contributed by atoms with Crippen molar-refractivity contribution in [2.75, 3.05) is 28.6 Å². The number of imidazole rings is 1. The molecule has 1 saturated heterocycles. The predicted octanol–water partition coefficient (Wildman–Crippen LogP) is 3.21. The smallest absolute Gasteiger partial charge is 0.228 e. The summed E-state index contributed by atoms with van der Waals surface area (Å²) in [6.07, 6.45) is 6.55. The van der Waals surface area contributed by atoms with E-state index in [2.05, 4.69) is 32.7 Å². The molecular weight excluding hydrogens is 404 g/mol. The van der Waals surface area contributed by atoms with E-state index < -0.39 is 0 Å². The lowest BCUT2D eigenvalue weighted by Gasteiger charge is -2.18. The van der Waals surface area contributed by atoms with Crippen LogP contribution in [0.2, 0.25) is 0 Å². The molecule has 32 heavy (non-hydrogen) atoms. The number of amides is 1. The van der Waals surface area contributed by atoms with E-state index in [9.17, 15) is 9.90 Å². The number of β-amino-alcohol motifs (C(OH)–C–C–N with tert-alkyl or cyclic N) is 1. The first-order valence-corrected chi connectivity index (χ1v) is 10.7. The van der Waals surface area contributed by atoms with Crippen LogP contribution in [0.5, 0.6) is 0 Å². The van der Waals surface area contributed by atoms with Gasteiger partial charge in [-0.15, -0.1) is 0 Å². The van der Waals surface area contributed by atoms with E-state index in [-0.39, 0.29) is 12.0 Å². The number of hydrogen-bond acceptors (Lipinski definition) is 6. The first kappa shape index (κ1) is 18.8. The summed E-state index contributed by atoms with van der Waals surface area (Å²) >= 11 is 0. The zero-order chi connectivity index (χ0) is 21.7. The maximum Gasteiger partial charge on any atom is 0.228 e. The van der Waals surface area contributed by atoms with Crippen LogP contribution in [0.25, 0.3) is 16.9 Å². The van der Waals surface area contributed by atoms with Crippen LogP contribution in [0.4, 0.5) is 22.9 Å². The average Bonchev–Trinajstić information content (AvgIpc) is 3.52. The Kier molecular flexibility index (Phi) is 4.32. The summed E-state index contributed by atoms with van der Waals surface area (Å²) in [6, 6.07) is 14.1. The fourth-order valence-corrected chi connectivity index (χ4v) is 4.40. The summed E-state index contributed by atoms with van der Waals surface area (Å²) in [6.45, 7) is 1.54. The fraction of sp³-hybridized carbons (Fsp3) is 0.208. The van der Waals surface area contributed by atoms with Gasteiger partial charge < -0.3 is 25.0 Å². The number of aromatic nitrogens is 3. The van der Waals surface area contributed by atoms with Crippen molar-refractivity contribution in [3.8, 4) is 11.3 Å². The molecule has 1 fully saturated rings. The van der Waals surface area contributed by atoms with Crippen molar-refractivity contribution in [3.05, 3.63) is 66.6 Å². The summed E-state index contributed by atoms with van der Waals surface area (Å²) in [4.78, 5) is 23.2. The second-order valence-electron chi connectivity index (χ2n) is 8.29. The van der Waals surface area contributed by atoms with Crippen LogP contribution >= 0.6 is 0 Å². The number of nitrogens with one attached hydrogen (secondary N) is 2. The van der Waals surface area contributed by atoms with Gasteiger partial charge in [0.05, 0.1) is 18.2 Å². The fourth-order valence-electron chi connectivity index (χ4n) is 4.40. The summed E-state index contributed by atoms with van der Waals surface area (Å²) < 4.78 is 1.94. The molecule has 0 unspecified atom stereocenters. The van der Waals surface area contributed by atoms with Crippen LogP contribution in [0.3, 0.4) is 0 Å².